The Balaban J connectivity index is 1.73. The zero-order valence-electron chi connectivity index (χ0n) is 10.3. The van der Waals surface area contributed by atoms with E-state index in [2.05, 4.69) is 54.3 Å². The quantitative estimate of drug-likeness (QED) is 0.610. The number of thiazole rings is 1. The largest absolute Gasteiger partial charge is 0.451 e. The summed E-state index contributed by atoms with van der Waals surface area (Å²) in [6, 6.07) is 10.1. The molecule has 0 aliphatic heterocycles. The summed E-state index contributed by atoms with van der Waals surface area (Å²) in [7, 11) is 0. The average Bonchev–Trinajstić information content (AvgIpc) is 3.08. The first-order valence-corrected chi connectivity index (χ1v) is 8.36. The maximum atomic E-state index is 5.54. The summed E-state index contributed by atoms with van der Waals surface area (Å²) < 4.78 is 7.17. The van der Waals surface area contributed by atoms with Crippen LogP contribution >= 0.6 is 43.2 Å². The fraction of sp³-hybridized carbons (Fsp3) is 0.0714. The maximum Gasteiger partial charge on any atom is 0.183 e. The predicted octanol–water partition coefficient (Wildman–Crippen LogP) is 5.54. The molecule has 0 saturated heterocycles. The van der Waals surface area contributed by atoms with Gasteiger partial charge in [0, 0.05) is 22.8 Å². The summed E-state index contributed by atoms with van der Waals surface area (Å²) >= 11 is 8.37. The molecule has 1 aromatic carbocycles. The molecule has 3 rings (SSSR count). The average molecular weight is 414 g/mol. The van der Waals surface area contributed by atoms with Gasteiger partial charge in [-0.05, 0) is 50.1 Å². The van der Waals surface area contributed by atoms with Gasteiger partial charge in [-0.2, -0.15) is 0 Å². The van der Waals surface area contributed by atoms with Crippen LogP contribution in [0.2, 0.25) is 0 Å². The van der Waals surface area contributed by atoms with Crippen molar-refractivity contribution in [3.63, 3.8) is 0 Å². The zero-order chi connectivity index (χ0) is 13.9. The first-order chi connectivity index (χ1) is 9.72. The molecule has 0 amide bonds. The van der Waals surface area contributed by atoms with Gasteiger partial charge in [-0.25, -0.2) is 4.98 Å². The molecule has 0 fully saturated rings. The predicted molar refractivity (Wildman–Crippen MR) is 89.0 cm³/mol. The molecule has 0 unspecified atom stereocenters. The van der Waals surface area contributed by atoms with E-state index in [4.69, 9.17) is 4.42 Å². The first-order valence-electron chi connectivity index (χ1n) is 5.90. The lowest BCUT2D eigenvalue weighted by Crippen LogP contribution is -1.97. The van der Waals surface area contributed by atoms with Gasteiger partial charge in [0.25, 0.3) is 0 Å². The fourth-order valence-electron chi connectivity index (χ4n) is 1.80. The maximum absolute atomic E-state index is 5.54. The topological polar surface area (TPSA) is 38.1 Å². The van der Waals surface area contributed by atoms with Crippen LogP contribution in [0.1, 0.15) is 5.76 Å². The van der Waals surface area contributed by atoms with Crippen LogP contribution in [0.3, 0.4) is 0 Å². The molecule has 3 nitrogen and oxygen atoms in total. The Hall–Kier alpha value is -1.11. The van der Waals surface area contributed by atoms with Crippen LogP contribution in [0.15, 0.2) is 55.5 Å². The molecule has 6 heteroatoms. The van der Waals surface area contributed by atoms with Gasteiger partial charge in [-0.1, -0.05) is 12.1 Å². The number of benzene rings is 1. The van der Waals surface area contributed by atoms with E-state index >= 15 is 0 Å². The highest BCUT2D eigenvalue weighted by Gasteiger charge is 2.06. The number of anilines is 1. The van der Waals surface area contributed by atoms with E-state index in [1.54, 1.807) is 11.3 Å². The Bertz CT molecular complexity index is 690. The van der Waals surface area contributed by atoms with E-state index in [9.17, 15) is 0 Å². The minimum absolute atomic E-state index is 0.630. The van der Waals surface area contributed by atoms with Crippen molar-refractivity contribution >= 4 is 48.9 Å². The molecule has 2 aromatic heterocycles. The second-order valence-corrected chi connectivity index (χ2v) is 6.58. The van der Waals surface area contributed by atoms with Crippen LogP contribution in [0.4, 0.5) is 5.69 Å². The number of nitrogens with zero attached hydrogens (tertiary/aromatic N) is 1. The molecule has 0 spiro atoms. The van der Waals surface area contributed by atoms with Crippen molar-refractivity contribution in [1.82, 2.24) is 4.98 Å². The monoisotopic (exact) mass is 412 g/mol. The van der Waals surface area contributed by atoms with E-state index in [1.807, 2.05) is 29.8 Å². The smallest absolute Gasteiger partial charge is 0.183 e. The van der Waals surface area contributed by atoms with Gasteiger partial charge in [0.1, 0.15) is 10.8 Å². The van der Waals surface area contributed by atoms with Gasteiger partial charge in [-0.3, -0.25) is 0 Å². The number of hydrogen-bond donors (Lipinski definition) is 1. The molecule has 0 atom stereocenters. The number of aromatic nitrogens is 1. The van der Waals surface area contributed by atoms with Gasteiger partial charge in [-0.15, -0.1) is 11.3 Å². The van der Waals surface area contributed by atoms with Crippen LogP contribution in [-0.4, -0.2) is 4.98 Å². The number of hydrogen-bond acceptors (Lipinski definition) is 4. The van der Waals surface area contributed by atoms with Gasteiger partial charge in [0.05, 0.1) is 11.0 Å². The molecule has 1 N–H and O–H groups in total. The van der Waals surface area contributed by atoms with Crippen molar-refractivity contribution in [1.29, 1.82) is 0 Å². The van der Waals surface area contributed by atoms with Crippen molar-refractivity contribution in [3.8, 4) is 10.6 Å². The molecule has 0 aliphatic rings. The summed E-state index contributed by atoms with van der Waals surface area (Å²) in [5, 5.41) is 6.35. The third-order valence-electron chi connectivity index (χ3n) is 2.70. The van der Waals surface area contributed by atoms with E-state index in [1.165, 1.54) is 0 Å². The van der Waals surface area contributed by atoms with Crippen molar-refractivity contribution in [3.05, 3.63) is 56.8 Å². The molecule has 3 aromatic rings. The Kier molecular flexibility index (Phi) is 4.24. The van der Waals surface area contributed by atoms with E-state index in [0.717, 1.165) is 26.5 Å². The molecule has 102 valence electrons. The minimum Gasteiger partial charge on any atom is -0.451 e. The standard InChI is InChI=1S/C14H10Br2N2OS/c15-12-7-11(19-13(12)16)8-18-10-3-1-2-9(6-10)14-17-4-5-20-14/h1-7,18H,8H2. The lowest BCUT2D eigenvalue weighted by Gasteiger charge is -2.05. The molecular weight excluding hydrogens is 404 g/mol. The van der Waals surface area contributed by atoms with Crippen molar-refractivity contribution in [2.45, 2.75) is 6.54 Å². The third-order valence-corrected chi connectivity index (χ3v) is 5.24. The lowest BCUT2D eigenvalue weighted by atomic mass is 10.2. The SMILES string of the molecule is Brc1cc(CNc2cccc(-c3nccs3)c2)oc1Br. The Morgan fingerprint density at radius 2 is 2.15 bits per heavy atom. The fourth-order valence-corrected chi connectivity index (χ4v) is 3.09. The summed E-state index contributed by atoms with van der Waals surface area (Å²) in [6.07, 6.45) is 1.82. The molecule has 2 heterocycles. The van der Waals surface area contributed by atoms with Crippen LogP contribution in [-0.2, 0) is 6.54 Å². The molecule has 0 bridgehead atoms. The second kappa shape index (κ2) is 6.11. The second-order valence-electron chi connectivity index (χ2n) is 4.11. The zero-order valence-corrected chi connectivity index (χ0v) is 14.3. The van der Waals surface area contributed by atoms with E-state index < -0.39 is 0 Å². The Labute approximate surface area is 137 Å². The van der Waals surface area contributed by atoms with Gasteiger partial charge in [0.2, 0.25) is 0 Å². The molecular formula is C14H10Br2N2OS. The van der Waals surface area contributed by atoms with E-state index in [0.29, 0.717) is 11.2 Å². The summed E-state index contributed by atoms with van der Waals surface area (Å²) in [5.74, 6) is 0.864. The minimum atomic E-state index is 0.630. The number of nitrogens with one attached hydrogen (secondary N) is 1. The normalized spacial score (nSPS) is 10.7. The third kappa shape index (κ3) is 3.13. The van der Waals surface area contributed by atoms with Crippen LogP contribution < -0.4 is 5.32 Å². The van der Waals surface area contributed by atoms with Gasteiger partial charge in [0.15, 0.2) is 4.67 Å². The van der Waals surface area contributed by atoms with Crippen LogP contribution in [0, 0.1) is 0 Å². The highest BCUT2D eigenvalue weighted by atomic mass is 79.9. The highest BCUT2D eigenvalue weighted by molar-refractivity contribution is 9.13. The Morgan fingerprint density at radius 1 is 1.25 bits per heavy atom. The summed E-state index contributed by atoms with van der Waals surface area (Å²) in [5.41, 5.74) is 2.16. The molecule has 0 radical (unpaired) electrons. The van der Waals surface area contributed by atoms with E-state index in [-0.39, 0.29) is 0 Å². The Morgan fingerprint density at radius 3 is 2.85 bits per heavy atom. The summed E-state index contributed by atoms with van der Waals surface area (Å²) in [6.45, 7) is 0.630. The highest BCUT2D eigenvalue weighted by Crippen LogP contribution is 2.28. The van der Waals surface area contributed by atoms with Crippen molar-refractivity contribution in [2.75, 3.05) is 5.32 Å². The lowest BCUT2D eigenvalue weighted by molar-refractivity contribution is 0.494. The van der Waals surface area contributed by atoms with Crippen molar-refractivity contribution < 1.29 is 4.42 Å². The molecule has 0 saturated carbocycles. The van der Waals surface area contributed by atoms with Crippen LogP contribution in [0.5, 0.6) is 0 Å². The van der Waals surface area contributed by atoms with Gasteiger partial charge >= 0.3 is 0 Å². The van der Waals surface area contributed by atoms with Crippen LogP contribution in [0.25, 0.3) is 10.6 Å². The molecule has 20 heavy (non-hydrogen) atoms. The van der Waals surface area contributed by atoms with Crippen molar-refractivity contribution in [2.24, 2.45) is 0 Å². The van der Waals surface area contributed by atoms with Gasteiger partial charge < -0.3 is 9.73 Å². The number of halogens is 2. The first kappa shape index (κ1) is 13.9. The summed E-state index contributed by atoms with van der Waals surface area (Å²) in [4.78, 5) is 4.32. The number of rotatable bonds is 4. The molecule has 0 aliphatic carbocycles. The number of furan rings is 1.